The van der Waals surface area contributed by atoms with E-state index in [9.17, 15) is 8.78 Å². The van der Waals surface area contributed by atoms with Gasteiger partial charge in [-0.15, -0.1) is 0 Å². The molecule has 2 N–H and O–H groups in total. The van der Waals surface area contributed by atoms with E-state index in [2.05, 4.69) is 15.6 Å². The highest BCUT2D eigenvalue weighted by Crippen LogP contribution is 2.30. The van der Waals surface area contributed by atoms with Crippen LogP contribution in [0.1, 0.15) is 6.92 Å². The summed E-state index contributed by atoms with van der Waals surface area (Å²) in [5, 5.41) is 5.41. The van der Waals surface area contributed by atoms with Crippen molar-refractivity contribution in [1.29, 1.82) is 0 Å². The highest BCUT2D eigenvalue weighted by molar-refractivity contribution is 5.93. The van der Waals surface area contributed by atoms with Crippen LogP contribution in [-0.2, 0) is 0 Å². The molecular weight excluding hydrogens is 268 g/mol. The molecule has 0 radical (unpaired) electrons. The Kier molecular flexibility index (Phi) is 6.55. The van der Waals surface area contributed by atoms with Crippen molar-refractivity contribution in [3.8, 4) is 11.5 Å². The number of guanidine groups is 1. The van der Waals surface area contributed by atoms with Crippen LogP contribution in [0.3, 0.4) is 0 Å². The Morgan fingerprint density at radius 2 is 2.10 bits per heavy atom. The zero-order valence-corrected chi connectivity index (χ0v) is 11.7. The number of hydrogen-bond acceptors (Lipinski definition) is 3. The molecule has 0 saturated heterocycles. The summed E-state index contributed by atoms with van der Waals surface area (Å²) in [5.74, 6) is 1.44. The first-order valence-electron chi connectivity index (χ1n) is 6.17. The fourth-order valence-corrected chi connectivity index (χ4v) is 1.51. The maximum absolute atomic E-state index is 12.1. The van der Waals surface area contributed by atoms with Crippen molar-refractivity contribution in [1.82, 2.24) is 5.32 Å². The number of alkyl halides is 2. The van der Waals surface area contributed by atoms with E-state index in [-0.39, 0.29) is 5.96 Å². The summed E-state index contributed by atoms with van der Waals surface area (Å²) in [4.78, 5) is 3.86. The molecule has 1 aromatic carbocycles. The molecule has 0 saturated carbocycles. The molecular formula is C13H19F2N3O2. The minimum atomic E-state index is -2.44. The molecule has 0 bridgehead atoms. The van der Waals surface area contributed by atoms with Gasteiger partial charge in [-0.05, 0) is 19.1 Å². The molecule has 0 aromatic heterocycles. The number of nitrogens with one attached hydrogen (secondary N) is 2. The lowest BCUT2D eigenvalue weighted by atomic mass is 10.2. The maximum Gasteiger partial charge on any atom is 0.255 e. The third kappa shape index (κ3) is 4.91. The van der Waals surface area contributed by atoms with Crippen LogP contribution in [0, 0.1) is 0 Å². The summed E-state index contributed by atoms with van der Waals surface area (Å²) in [6, 6.07) is 5.20. The van der Waals surface area contributed by atoms with Crippen molar-refractivity contribution < 1.29 is 18.3 Å². The largest absolute Gasteiger partial charge is 0.493 e. The Labute approximate surface area is 117 Å². The molecule has 5 nitrogen and oxygen atoms in total. The number of aliphatic imine (C=N–C) groups is 1. The van der Waals surface area contributed by atoms with Gasteiger partial charge in [0.15, 0.2) is 17.5 Å². The monoisotopic (exact) mass is 287 g/mol. The second-order valence-electron chi connectivity index (χ2n) is 3.77. The van der Waals surface area contributed by atoms with E-state index < -0.39 is 13.0 Å². The molecule has 0 spiro atoms. The minimum absolute atomic E-state index is 0.261. The van der Waals surface area contributed by atoms with Crippen molar-refractivity contribution in [2.75, 3.05) is 32.6 Å². The number of halogens is 2. The molecule has 0 aliphatic rings. The normalized spacial score (nSPS) is 11.4. The zero-order valence-electron chi connectivity index (χ0n) is 11.7. The van der Waals surface area contributed by atoms with Crippen molar-refractivity contribution >= 4 is 11.6 Å². The summed E-state index contributed by atoms with van der Waals surface area (Å²) in [6.07, 6.45) is -2.44. The zero-order chi connectivity index (χ0) is 15.0. The third-order valence-corrected chi connectivity index (χ3v) is 2.37. The number of nitrogens with zero attached hydrogens (tertiary/aromatic N) is 1. The minimum Gasteiger partial charge on any atom is -0.493 e. The number of ether oxygens (including phenoxy) is 2. The van der Waals surface area contributed by atoms with Gasteiger partial charge < -0.3 is 20.1 Å². The maximum atomic E-state index is 12.1. The molecule has 1 aromatic rings. The number of methoxy groups -OCH3 is 1. The Morgan fingerprint density at radius 1 is 1.35 bits per heavy atom. The number of rotatable bonds is 6. The fraction of sp³-hybridized carbons (Fsp3) is 0.462. The van der Waals surface area contributed by atoms with Crippen LogP contribution in [0.25, 0.3) is 0 Å². The van der Waals surface area contributed by atoms with Gasteiger partial charge >= 0.3 is 0 Å². The lowest BCUT2D eigenvalue weighted by Gasteiger charge is -2.14. The molecule has 0 aliphatic carbocycles. The van der Waals surface area contributed by atoms with Crippen molar-refractivity contribution in [2.24, 2.45) is 4.99 Å². The number of anilines is 1. The predicted molar refractivity (Wildman–Crippen MR) is 75.2 cm³/mol. The highest BCUT2D eigenvalue weighted by atomic mass is 19.3. The highest BCUT2D eigenvalue weighted by Gasteiger charge is 2.08. The molecule has 0 unspecified atom stereocenters. The standard InChI is InChI=1S/C13H19F2N3O2/c1-4-20-10-6-5-9(7-11(10)19-3)18-13(16-2)17-8-12(14)15/h5-7,12H,4,8H2,1-3H3,(H2,16,17,18). The average molecular weight is 287 g/mol. The van der Waals surface area contributed by atoms with Gasteiger partial charge in [-0.25, -0.2) is 8.78 Å². The van der Waals surface area contributed by atoms with Crippen LogP contribution in [-0.4, -0.2) is 39.7 Å². The number of benzene rings is 1. The summed E-state index contributed by atoms with van der Waals surface area (Å²) in [6.45, 7) is 1.94. The first-order chi connectivity index (χ1) is 9.60. The van der Waals surface area contributed by atoms with Gasteiger partial charge in [0.25, 0.3) is 6.43 Å². The van der Waals surface area contributed by atoms with Gasteiger partial charge in [0.2, 0.25) is 0 Å². The van der Waals surface area contributed by atoms with Gasteiger partial charge in [-0.1, -0.05) is 0 Å². The Hall–Kier alpha value is -2.05. The summed E-state index contributed by atoms with van der Waals surface area (Å²) < 4.78 is 34.9. The Morgan fingerprint density at radius 3 is 2.65 bits per heavy atom. The summed E-state index contributed by atoms with van der Waals surface area (Å²) >= 11 is 0. The van der Waals surface area contributed by atoms with E-state index in [1.54, 1.807) is 18.2 Å². The SMILES string of the molecule is CCOc1ccc(NC(=NC)NCC(F)F)cc1OC. The number of hydrogen-bond donors (Lipinski definition) is 2. The molecule has 20 heavy (non-hydrogen) atoms. The molecule has 0 heterocycles. The Bertz CT molecular complexity index is 453. The summed E-state index contributed by atoms with van der Waals surface area (Å²) in [7, 11) is 3.04. The van der Waals surface area contributed by atoms with Gasteiger partial charge in [-0.2, -0.15) is 0 Å². The molecule has 0 atom stereocenters. The third-order valence-electron chi connectivity index (χ3n) is 2.37. The molecule has 1 rings (SSSR count). The first kappa shape index (κ1) is 16.0. The van der Waals surface area contributed by atoms with Gasteiger partial charge in [0.05, 0.1) is 20.3 Å². The molecule has 7 heteroatoms. The van der Waals surface area contributed by atoms with E-state index in [0.717, 1.165) is 0 Å². The fourth-order valence-electron chi connectivity index (χ4n) is 1.51. The van der Waals surface area contributed by atoms with Gasteiger partial charge in [0.1, 0.15) is 0 Å². The second kappa shape index (κ2) is 8.19. The molecule has 0 amide bonds. The predicted octanol–water partition coefficient (Wildman–Crippen LogP) is 2.35. The Balaban J connectivity index is 2.76. The first-order valence-corrected chi connectivity index (χ1v) is 6.17. The van der Waals surface area contributed by atoms with Crippen molar-refractivity contribution in [2.45, 2.75) is 13.3 Å². The smallest absolute Gasteiger partial charge is 0.255 e. The molecule has 112 valence electrons. The van der Waals surface area contributed by atoms with Crippen LogP contribution < -0.4 is 20.1 Å². The van der Waals surface area contributed by atoms with Gasteiger partial charge in [-0.3, -0.25) is 4.99 Å². The van der Waals surface area contributed by atoms with E-state index in [1.807, 2.05) is 6.92 Å². The van der Waals surface area contributed by atoms with E-state index in [1.165, 1.54) is 14.2 Å². The van der Waals surface area contributed by atoms with Crippen molar-refractivity contribution in [3.63, 3.8) is 0 Å². The van der Waals surface area contributed by atoms with Gasteiger partial charge in [0, 0.05) is 18.8 Å². The van der Waals surface area contributed by atoms with Crippen molar-refractivity contribution in [3.05, 3.63) is 18.2 Å². The van der Waals surface area contributed by atoms with Crippen LogP contribution in [0.5, 0.6) is 11.5 Å². The van der Waals surface area contributed by atoms with Crippen LogP contribution in [0.15, 0.2) is 23.2 Å². The molecule has 0 aliphatic heterocycles. The van der Waals surface area contributed by atoms with Crippen LogP contribution >= 0.6 is 0 Å². The van der Waals surface area contributed by atoms with Crippen LogP contribution in [0.2, 0.25) is 0 Å². The van der Waals surface area contributed by atoms with Crippen LogP contribution in [0.4, 0.5) is 14.5 Å². The summed E-state index contributed by atoms with van der Waals surface area (Å²) in [5.41, 5.74) is 0.660. The molecule has 0 fully saturated rings. The quantitative estimate of drug-likeness (QED) is 0.623. The average Bonchev–Trinajstić information content (AvgIpc) is 2.44. The van der Waals surface area contributed by atoms with E-state index >= 15 is 0 Å². The second-order valence-corrected chi connectivity index (χ2v) is 3.77. The van der Waals surface area contributed by atoms with E-state index in [0.29, 0.717) is 23.8 Å². The topological polar surface area (TPSA) is 54.9 Å². The lowest BCUT2D eigenvalue weighted by molar-refractivity contribution is 0.152. The lowest BCUT2D eigenvalue weighted by Crippen LogP contribution is -2.34. The van der Waals surface area contributed by atoms with E-state index in [4.69, 9.17) is 9.47 Å².